The SMILES string of the molecule is O=C(COc1ccc(Cl)cc1)NC12CC(N3CCN(c4ccc(Cl)cc4)CC3=O)(C1)C2. The number of hydrogen-bond donors (Lipinski definition) is 1. The molecule has 0 aromatic heterocycles. The van der Waals surface area contributed by atoms with Gasteiger partial charge >= 0.3 is 0 Å². The topological polar surface area (TPSA) is 61.9 Å². The van der Waals surface area contributed by atoms with Crippen LogP contribution in [0.1, 0.15) is 19.3 Å². The summed E-state index contributed by atoms with van der Waals surface area (Å²) in [5, 5.41) is 4.42. The van der Waals surface area contributed by atoms with Gasteiger partial charge in [-0.2, -0.15) is 0 Å². The average Bonchev–Trinajstić information content (AvgIpc) is 2.70. The van der Waals surface area contributed by atoms with Crippen LogP contribution in [0.3, 0.4) is 0 Å². The van der Waals surface area contributed by atoms with Crippen LogP contribution in [0.25, 0.3) is 0 Å². The van der Waals surface area contributed by atoms with Gasteiger partial charge in [-0.25, -0.2) is 0 Å². The highest BCUT2D eigenvalue weighted by atomic mass is 35.5. The minimum Gasteiger partial charge on any atom is -0.484 e. The maximum absolute atomic E-state index is 12.9. The van der Waals surface area contributed by atoms with E-state index in [1.165, 1.54) is 0 Å². The van der Waals surface area contributed by atoms with Gasteiger partial charge in [0.1, 0.15) is 5.75 Å². The van der Waals surface area contributed by atoms with Gasteiger partial charge in [0.25, 0.3) is 5.91 Å². The van der Waals surface area contributed by atoms with E-state index in [0.29, 0.717) is 28.9 Å². The first-order chi connectivity index (χ1) is 14.9. The second-order valence-electron chi connectivity index (χ2n) is 8.77. The van der Waals surface area contributed by atoms with Gasteiger partial charge in [0.15, 0.2) is 6.61 Å². The van der Waals surface area contributed by atoms with Crippen molar-refractivity contribution in [3.05, 3.63) is 58.6 Å². The first-order valence-corrected chi connectivity index (χ1v) is 11.1. The highest BCUT2D eigenvalue weighted by molar-refractivity contribution is 6.30. The number of rotatable bonds is 6. The standard InChI is InChI=1S/C23H23Cl2N3O3/c24-16-1-5-18(6-2-16)27-9-10-28(21(30)11-27)23-13-22(14-23,15-23)26-20(29)12-31-19-7-3-17(25)4-8-19/h1-8H,9-15H2,(H,26,29). The van der Waals surface area contributed by atoms with Gasteiger partial charge in [-0.15, -0.1) is 0 Å². The van der Waals surface area contributed by atoms with Gasteiger partial charge in [0, 0.05) is 39.9 Å². The monoisotopic (exact) mass is 459 g/mol. The van der Waals surface area contributed by atoms with Gasteiger partial charge in [-0.3, -0.25) is 9.59 Å². The maximum atomic E-state index is 12.9. The van der Waals surface area contributed by atoms with Crippen molar-refractivity contribution < 1.29 is 14.3 Å². The molecular weight excluding hydrogens is 437 g/mol. The molecule has 0 atom stereocenters. The van der Waals surface area contributed by atoms with E-state index in [1.54, 1.807) is 24.3 Å². The van der Waals surface area contributed by atoms with Crippen LogP contribution in [0.15, 0.2) is 48.5 Å². The number of carbonyl (C=O) groups excluding carboxylic acids is 2. The third-order valence-electron chi connectivity index (χ3n) is 6.58. The lowest BCUT2D eigenvalue weighted by Gasteiger charge is -2.74. The molecule has 1 saturated heterocycles. The van der Waals surface area contributed by atoms with E-state index < -0.39 is 0 Å². The number of ether oxygens (including phenoxy) is 1. The van der Waals surface area contributed by atoms with Crippen molar-refractivity contribution in [2.75, 3.05) is 31.1 Å². The fraction of sp³-hybridized carbons (Fsp3) is 0.391. The van der Waals surface area contributed by atoms with Gasteiger partial charge in [-0.1, -0.05) is 23.2 Å². The van der Waals surface area contributed by atoms with Crippen LogP contribution in [-0.2, 0) is 9.59 Å². The highest BCUT2D eigenvalue weighted by Gasteiger charge is 2.72. The average molecular weight is 460 g/mol. The Morgan fingerprint density at radius 1 is 0.968 bits per heavy atom. The van der Waals surface area contributed by atoms with Crippen molar-refractivity contribution in [2.24, 2.45) is 0 Å². The van der Waals surface area contributed by atoms with Gasteiger partial charge < -0.3 is 19.9 Å². The van der Waals surface area contributed by atoms with Gasteiger partial charge in [-0.05, 0) is 67.8 Å². The van der Waals surface area contributed by atoms with Crippen LogP contribution in [0, 0.1) is 0 Å². The predicted octanol–water partition coefficient (Wildman–Crippen LogP) is 3.51. The van der Waals surface area contributed by atoms with Crippen molar-refractivity contribution >= 4 is 40.7 Å². The summed E-state index contributed by atoms with van der Waals surface area (Å²) in [4.78, 5) is 29.3. The second kappa shape index (κ2) is 7.61. The van der Waals surface area contributed by atoms with Crippen LogP contribution in [0.2, 0.25) is 10.0 Å². The summed E-state index contributed by atoms with van der Waals surface area (Å²) in [5.41, 5.74) is 0.737. The maximum Gasteiger partial charge on any atom is 0.258 e. The normalized spacial score (nSPS) is 26.7. The van der Waals surface area contributed by atoms with E-state index in [4.69, 9.17) is 27.9 Å². The number of carbonyl (C=O) groups is 2. The summed E-state index contributed by atoms with van der Waals surface area (Å²) in [6.07, 6.45) is 2.46. The molecule has 2 aromatic rings. The number of halogens is 2. The quantitative estimate of drug-likeness (QED) is 0.717. The molecule has 4 fully saturated rings. The van der Waals surface area contributed by atoms with Gasteiger partial charge in [0.2, 0.25) is 5.91 Å². The molecule has 0 spiro atoms. The van der Waals surface area contributed by atoms with E-state index in [-0.39, 0.29) is 29.5 Å². The zero-order chi connectivity index (χ0) is 21.6. The van der Waals surface area contributed by atoms with Crippen LogP contribution < -0.4 is 15.0 Å². The Morgan fingerprint density at radius 3 is 2.19 bits per heavy atom. The molecule has 162 valence electrons. The van der Waals surface area contributed by atoms with E-state index in [9.17, 15) is 9.59 Å². The number of benzene rings is 2. The van der Waals surface area contributed by atoms with Crippen molar-refractivity contribution in [3.8, 4) is 5.75 Å². The van der Waals surface area contributed by atoms with Crippen molar-refractivity contribution in [2.45, 2.75) is 30.3 Å². The molecule has 2 aromatic carbocycles. The first-order valence-electron chi connectivity index (χ1n) is 10.4. The van der Waals surface area contributed by atoms with Crippen molar-refractivity contribution in [1.29, 1.82) is 0 Å². The lowest BCUT2D eigenvalue weighted by Crippen LogP contribution is -2.85. The number of nitrogens with one attached hydrogen (secondary N) is 1. The smallest absolute Gasteiger partial charge is 0.258 e. The molecule has 4 aliphatic rings. The van der Waals surface area contributed by atoms with E-state index in [1.807, 2.05) is 29.2 Å². The molecule has 31 heavy (non-hydrogen) atoms. The molecule has 0 unspecified atom stereocenters. The van der Waals surface area contributed by atoms with Crippen molar-refractivity contribution in [3.63, 3.8) is 0 Å². The fourth-order valence-corrected chi connectivity index (χ4v) is 5.46. The Balaban J connectivity index is 1.10. The summed E-state index contributed by atoms with van der Waals surface area (Å²) < 4.78 is 5.53. The van der Waals surface area contributed by atoms with Crippen LogP contribution in [0.5, 0.6) is 5.75 Å². The molecular formula is C23H23Cl2N3O3. The highest BCUT2D eigenvalue weighted by Crippen LogP contribution is 2.63. The van der Waals surface area contributed by atoms with E-state index in [0.717, 1.165) is 31.5 Å². The largest absolute Gasteiger partial charge is 0.484 e. The Bertz CT molecular complexity index is 990. The summed E-state index contributed by atoms with van der Waals surface area (Å²) >= 11 is 11.8. The van der Waals surface area contributed by atoms with Crippen LogP contribution in [0.4, 0.5) is 5.69 Å². The molecule has 8 heteroatoms. The summed E-state index contributed by atoms with van der Waals surface area (Å²) in [6, 6.07) is 14.5. The third-order valence-corrected chi connectivity index (χ3v) is 7.08. The zero-order valence-corrected chi connectivity index (χ0v) is 18.5. The molecule has 6 rings (SSSR count). The molecule has 2 bridgehead atoms. The Hall–Kier alpha value is -2.44. The van der Waals surface area contributed by atoms with E-state index in [2.05, 4.69) is 10.2 Å². The predicted molar refractivity (Wildman–Crippen MR) is 120 cm³/mol. The Morgan fingerprint density at radius 2 is 1.58 bits per heavy atom. The zero-order valence-electron chi connectivity index (χ0n) is 16.9. The Labute approximate surface area is 191 Å². The minimum absolute atomic E-state index is 0.0327. The molecule has 6 nitrogen and oxygen atoms in total. The second-order valence-corrected chi connectivity index (χ2v) is 9.64. The lowest BCUT2D eigenvalue weighted by atomic mass is 9.43. The molecule has 0 radical (unpaired) electrons. The summed E-state index contributed by atoms with van der Waals surface area (Å²) in [7, 11) is 0. The fourth-order valence-electron chi connectivity index (χ4n) is 5.21. The number of amides is 2. The number of nitrogens with zero attached hydrogens (tertiary/aromatic N) is 2. The first kappa shape index (κ1) is 20.5. The van der Waals surface area contributed by atoms with Gasteiger partial charge in [0.05, 0.1) is 6.54 Å². The minimum atomic E-state index is -0.186. The molecule has 2 amide bonds. The lowest BCUT2D eigenvalue weighted by molar-refractivity contribution is -0.192. The molecule has 3 saturated carbocycles. The van der Waals surface area contributed by atoms with Crippen LogP contribution in [-0.4, -0.2) is 54.0 Å². The number of piperazine rings is 1. The van der Waals surface area contributed by atoms with Crippen molar-refractivity contribution in [1.82, 2.24) is 10.2 Å². The Kier molecular flexibility index (Phi) is 5.02. The molecule has 1 aliphatic heterocycles. The van der Waals surface area contributed by atoms with E-state index >= 15 is 0 Å². The number of anilines is 1. The number of hydrogen-bond acceptors (Lipinski definition) is 4. The summed E-state index contributed by atoms with van der Waals surface area (Å²) in [6.45, 7) is 1.83. The molecule has 1 heterocycles. The molecule has 3 aliphatic carbocycles. The molecule has 1 N–H and O–H groups in total. The van der Waals surface area contributed by atoms with Crippen LogP contribution >= 0.6 is 23.2 Å². The summed E-state index contributed by atoms with van der Waals surface area (Å²) in [5.74, 6) is 0.617. The third kappa shape index (κ3) is 3.83.